The van der Waals surface area contributed by atoms with Gasteiger partial charge in [0.25, 0.3) is 0 Å². The van der Waals surface area contributed by atoms with Crippen LogP contribution in [0.4, 0.5) is 0 Å². The Labute approximate surface area is 170 Å². The SMILES string of the molecule is CC(=O)CCC(CO)NC(=O)CCCCCCCCCCCCCCC(=O)O. The van der Waals surface area contributed by atoms with Crippen molar-refractivity contribution in [2.75, 3.05) is 6.61 Å². The van der Waals surface area contributed by atoms with Gasteiger partial charge >= 0.3 is 5.97 Å². The Kier molecular flexibility index (Phi) is 17.9. The summed E-state index contributed by atoms with van der Waals surface area (Å²) in [6.45, 7) is 1.39. The molecule has 1 unspecified atom stereocenters. The number of unbranched alkanes of at least 4 members (excludes halogenated alkanes) is 11. The van der Waals surface area contributed by atoms with Crippen LogP contribution in [0, 0.1) is 0 Å². The van der Waals surface area contributed by atoms with Gasteiger partial charge in [0.2, 0.25) is 5.91 Å². The predicted molar refractivity (Wildman–Crippen MR) is 111 cm³/mol. The van der Waals surface area contributed by atoms with Gasteiger partial charge in [-0.05, 0) is 26.2 Å². The largest absolute Gasteiger partial charge is 0.481 e. The van der Waals surface area contributed by atoms with E-state index in [9.17, 15) is 19.5 Å². The van der Waals surface area contributed by atoms with Crippen LogP contribution in [0.3, 0.4) is 0 Å². The number of amides is 1. The first-order valence-corrected chi connectivity index (χ1v) is 11.1. The lowest BCUT2D eigenvalue weighted by Crippen LogP contribution is -2.37. The molecule has 0 bridgehead atoms. The summed E-state index contributed by atoms with van der Waals surface area (Å²) in [5, 5.41) is 20.6. The van der Waals surface area contributed by atoms with E-state index in [1.54, 1.807) is 0 Å². The van der Waals surface area contributed by atoms with Crippen LogP contribution >= 0.6 is 0 Å². The van der Waals surface area contributed by atoms with E-state index in [0.29, 0.717) is 25.7 Å². The van der Waals surface area contributed by atoms with Crippen molar-refractivity contribution in [3.8, 4) is 0 Å². The van der Waals surface area contributed by atoms with Gasteiger partial charge in [0, 0.05) is 19.3 Å². The summed E-state index contributed by atoms with van der Waals surface area (Å²) < 4.78 is 0. The highest BCUT2D eigenvalue weighted by Gasteiger charge is 2.11. The molecule has 0 heterocycles. The standard InChI is InChI=1S/C22H41NO5/c1-19(25)16-17-20(18-24)23-21(26)14-12-10-8-6-4-2-3-5-7-9-11-13-15-22(27)28/h20,24H,2-18H2,1H3,(H,23,26)(H,27,28). The number of hydrogen-bond acceptors (Lipinski definition) is 4. The molecule has 164 valence electrons. The van der Waals surface area contributed by atoms with Crippen LogP contribution in [0.2, 0.25) is 0 Å². The summed E-state index contributed by atoms with van der Waals surface area (Å²) in [6, 6.07) is -0.312. The maximum atomic E-state index is 11.9. The van der Waals surface area contributed by atoms with Gasteiger partial charge in [-0.1, -0.05) is 64.2 Å². The third-order valence-corrected chi connectivity index (χ3v) is 4.97. The molecule has 0 aromatic carbocycles. The van der Waals surface area contributed by atoms with Gasteiger partial charge in [0.1, 0.15) is 5.78 Å². The highest BCUT2D eigenvalue weighted by Crippen LogP contribution is 2.13. The maximum Gasteiger partial charge on any atom is 0.303 e. The summed E-state index contributed by atoms with van der Waals surface area (Å²) in [5.74, 6) is -0.658. The number of Topliss-reactive ketones (excluding diaryl/α,β-unsaturated/α-hetero) is 1. The number of aliphatic hydroxyl groups is 1. The molecule has 0 saturated carbocycles. The van der Waals surface area contributed by atoms with Crippen molar-refractivity contribution < 1.29 is 24.6 Å². The molecule has 0 fully saturated rings. The first-order valence-electron chi connectivity index (χ1n) is 11.1. The van der Waals surface area contributed by atoms with Gasteiger partial charge < -0.3 is 20.3 Å². The maximum absolute atomic E-state index is 11.9. The number of carbonyl (C=O) groups is 3. The lowest BCUT2D eigenvalue weighted by molar-refractivity contribution is -0.137. The van der Waals surface area contributed by atoms with E-state index in [2.05, 4.69) is 5.32 Å². The molecule has 6 heteroatoms. The molecule has 3 N–H and O–H groups in total. The average molecular weight is 400 g/mol. The Morgan fingerprint density at radius 2 is 1.14 bits per heavy atom. The molecule has 0 spiro atoms. The van der Waals surface area contributed by atoms with Gasteiger partial charge in [-0.2, -0.15) is 0 Å². The van der Waals surface area contributed by atoms with E-state index >= 15 is 0 Å². The van der Waals surface area contributed by atoms with E-state index in [1.165, 1.54) is 45.4 Å². The number of carbonyl (C=O) groups excluding carboxylic acids is 2. The highest BCUT2D eigenvalue weighted by atomic mass is 16.4. The summed E-state index contributed by atoms with van der Waals surface area (Å²) in [7, 11) is 0. The summed E-state index contributed by atoms with van der Waals surface area (Å²) in [5.41, 5.74) is 0. The third-order valence-electron chi connectivity index (χ3n) is 4.97. The van der Waals surface area contributed by atoms with Crippen molar-refractivity contribution in [3.63, 3.8) is 0 Å². The third kappa shape index (κ3) is 19.3. The van der Waals surface area contributed by atoms with E-state index in [0.717, 1.165) is 38.5 Å². The molecule has 0 aromatic heterocycles. The number of carboxylic acids is 1. The second-order valence-corrected chi connectivity index (χ2v) is 7.82. The number of aliphatic carboxylic acids is 1. The minimum absolute atomic E-state index is 0.0362. The zero-order valence-corrected chi connectivity index (χ0v) is 17.7. The average Bonchev–Trinajstić information content (AvgIpc) is 2.64. The minimum atomic E-state index is -0.695. The normalized spacial score (nSPS) is 11.9. The molecule has 28 heavy (non-hydrogen) atoms. The monoisotopic (exact) mass is 399 g/mol. The first-order chi connectivity index (χ1) is 13.5. The molecular formula is C22H41NO5. The van der Waals surface area contributed by atoms with Crippen LogP contribution in [0.15, 0.2) is 0 Å². The number of carboxylic acid groups (broad SMARTS) is 1. The van der Waals surface area contributed by atoms with Gasteiger partial charge in [0.15, 0.2) is 0 Å². The van der Waals surface area contributed by atoms with Crippen LogP contribution in [-0.2, 0) is 14.4 Å². The van der Waals surface area contributed by atoms with Crippen LogP contribution in [0.1, 0.15) is 110 Å². The Bertz CT molecular complexity index is 425. The molecule has 0 saturated heterocycles. The second-order valence-electron chi connectivity index (χ2n) is 7.82. The topological polar surface area (TPSA) is 104 Å². The summed E-state index contributed by atoms with van der Waals surface area (Å²) in [6.07, 6.45) is 15.1. The fraction of sp³-hybridized carbons (Fsp3) is 0.864. The first kappa shape index (κ1) is 26.6. The van der Waals surface area contributed by atoms with Crippen molar-refractivity contribution in [2.45, 2.75) is 116 Å². The Hall–Kier alpha value is -1.43. The molecule has 6 nitrogen and oxygen atoms in total. The van der Waals surface area contributed by atoms with Crippen molar-refractivity contribution in [1.82, 2.24) is 5.32 Å². The molecule has 1 atom stereocenters. The van der Waals surface area contributed by atoms with Crippen molar-refractivity contribution >= 4 is 17.7 Å². The van der Waals surface area contributed by atoms with E-state index < -0.39 is 5.97 Å². The Balaban J connectivity index is 3.37. The predicted octanol–water partition coefficient (Wildman–Crippen LogP) is 4.38. The van der Waals surface area contributed by atoms with Crippen LogP contribution in [0.25, 0.3) is 0 Å². The molecule has 0 aromatic rings. The minimum Gasteiger partial charge on any atom is -0.481 e. The van der Waals surface area contributed by atoms with E-state index in [1.807, 2.05) is 0 Å². The molecule has 0 aliphatic carbocycles. The van der Waals surface area contributed by atoms with Gasteiger partial charge in [-0.3, -0.25) is 9.59 Å². The second kappa shape index (κ2) is 18.9. The van der Waals surface area contributed by atoms with Crippen molar-refractivity contribution in [1.29, 1.82) is 0 Å². The van der Waals surface area contributed by atoms with E-state index in [-0.39, 0.29) is 24.3 Å². The van der Waals surface area contributed by atoms with Crippen LogP contribution in [0.5, 0.6) is 0 Å². The van der Waals surface area contributed by atoms with Gasteiger partial charge in [-0.25, -0.2) is 0 Å². The van der Waals surface area contributed by atoms with Gasteiger partial charge in [0.05, 0.1) is 12.6 Å². The smallest absolute Gasteiger partial charge is 0.303 e. The zero-order valence-electron chi connectivity index (χ0n) is 17.7. The number of aliphatic hydroxyl groups excluding tert-OH is 1. The lowest BCUT2D eigenvalue weighted by Gasteiger charge is -2.15. The summed E-state index contributed by atoms with van der Waals surface area (Å²) >= 11 is 0. The van der Waals surface area contributed by atoms with Crippen LogP contribution < -0.4 is 5.32 Å². The number of hydrogen-bond donors (Lipinski definition) is 3. The number of rotatable bonds is 20. The fourth-order valence-corrected chi connectivity index (χ4v) is 3.22. The zero-order chi connectivity index (χ0) is 21.0. The lowest BCUT2D eigenvalue weighted by atomic mass is 10.0. The van der Waals surface area contributed by atoms with Gasteiger partial charge in [-0.15, -0.1) is 0 Å². The number of nitrogens with one attached hydrogen (secondary N) is 1. The number of ketones is 1. The molecule has 1 amide bonds. The van der Waals surface area contributed by atoms with Crippen LogP contribution in [-0.4, -0.2) is 40.5 Å². The molecular weight excluding hydrogens is 358 g/mol. The Morgan fingerprint density at radius 1 is 0.714 bits per heavy atom. The molecule has 0 aliphatic heterocycles. The Morgan fingerprint density at radius 3 is 1.54 bits per heavy atom. The van der Waals surface area contributed by atoms with Crippen molar-refractivity contribution in [2.24, 2.45) is 0 Å². The highest BCUT2D eigenvalue weighted by molar-refractivity contribution is 5.77. The molecule has 0 aliphatic rings. The molecule has 0 radical (unpaired) electrons. The fourth-order valence-electron chi connectivity index (χ4n) is 3.22. The van der Waals surface area contributed by atoms with Crippen molar-refractivity contribution in [3.05, 3.63) is 0 Å². The quantitative estimate of drug-likeness (QED) is 0.264. The molecule has 0 rings (SSSR count). The van der Waals surface area contributed by atoms with E-state index in [4.69, 9.17) is 5.11 Å². The summed E-state index contributed by atoms with van der Waals surface area (Å²) in [4.78, 5) is 33.2.